The molecule has 2 rings (SSSR count). The molecule has 3 heteroatoms. The molecule has 0 spiro atoms. The molecule has 3 N–H and O–H groups in total. The number of phenolic OH excluding ortho intramolecular Hbond substituents is 1. The van der Waals surface area contributed by atoms with Crippen LogP contribution in [0.1, 0.15) is 24.0 Å². The van der Waals surface area contributed by atoms with Crippen molar-refractivity contribution in [2.24, 2.45) is 0 Å². The lowest BCUT2D eigenvalue weighted by molar-refractivity contribution is 0.0165. The van der Waals surface area contributed by atoms with Crippen LogP contribution in [0, 0.1) is 6.92 Å². The fourth-order valence-electron chi connectivity index (χ4n) is 2.28. The Morgan fingerprint density at radius 3 is 2.88 bits per heavy atom. The molecular weight excluding hydrogens is 202 g/mol. The van der Waals surface area contributed by atoms with Crippen LogP contribution in [-0.4, -0.2) is 28.9 Å². The van der Waals surface area contributed by atoms with E-state index >= 15 is 0 Å². The maximum absolute atomic E-state index is 10.3. The first-order valence-corrected chi connectivity index (χ1v) is 5.81. The van der Waals surface area contributed by atoms with Gasteiger partial charge in [0.15, 0.2) is 0 Å². The van der Waals surface area contributed by atoms with Gasteiger partial charge < -0.3 is 15.5 Å². The van der Waals surface area contributed by atoms with Gasteiger partial charge in [-0.05, 0) is 43.5 Å². The summed E-state index contributed by atoms with van der Waals surface area (Å²) in [7, 11) is 0. The SMILES string of the molecule is Cc1ccc(CC2(O)CCCNC2)c(O)c1. The number of nitrogens with one attached hydrogen (secondary N) is 1. The molecule has 1 aromatic carbocycles. The minimum absolute atomic E-state index is 0.291. The zero-order valence-corrected chi connectivity index (χ0v) is 9.66. The Hall–Kier alpha value is -1.06. The normalized spacial score (nSPS) is 25.6. The van der Waals surface area contributed by atoms with E-state index < -0.39 is 5.60 Å². The van der Waals surface area contributed by atoms with Crippen molar-refractivity contribution in [3.8, 4) is 5.75 Å². The molecular formula is C13H19NO2. The number of rotatable bonds is 2. The van der Waals surface area contributed by atoms with E-state index in [-0.39, 0.29) is 0 Å². The number of hydrogen-bond acceptors (Lipinski definition) is 3. The molecule has 1 aliphatic rings. The van der Waals surface area contributed by atoms with Crippen LogP contribution in [0.3, 0.4) is 0 Å². The molecule has 0 amide bonds. The molecule has 1 unspecified atom stereocenters. The van der Waals surface area contributed by atoms with Gasteiger partial charge in [-0.1, -0.05) is 12.1 Å². The summed E-state index contributed by atoms with van der Waals surface area (Å²) in [5, 5.41) is 23.3. The molecule has 0 aromatic heterocycles. The van der Waals surface area contributed by atoms with Crippen molar-refractivity contribution in [2.75, 3.05) is 13.1 Å². The predicted molar refractivity (Wildman–Crippen MR) is 63.6 cm³/mol. The third kappa shape index (κ3) is 2.54. The molecule has 0 saturated carbocycles. The summed E-state index contributed by atoms with van der Waals surface area (Å²) in [5.41, 5.74) is 1.16. The van der Waals surface area contributed by atoms with Crippen molar-refractivity contribution >= 4 is 0 Å². The third-order valence-electron chi connectivity index (χ3n) is 3.21. The van der Waals surface area contributed by atoms with Gasteiger partial charge in [0.05, 0.1) is 5.60 Å². The average molecular weight is 221 g/mol. The van der Waals surface area contributed by atoms with Gasteiger partial charge in [-0.15, -0.1) is 0 Å². The Labute approximate surface area is 96.1 Å². The Balaban J connectivity index is 2.13. The first-order chi connectivity index (χ1) is 7.59. The molecule has 16 heavy (non-hydrogen) atoms. The van der Waals surface area contributed by atoms with Crippen LogP contribution in [0.5, 0.6) is 5.75 Å². The van der Waals surface area contributed by atoms with Crippen molar-refractivity contribution in [2.45, 2.75) is 31.8 Å². The average Bonchev–Trinajstić information content (AvgIpc) is 2.23. The summed E-state index contributed by atoms with van der Waals surface area (Å²) in [4.78, 5) is 0. The zero-order valence-electron chi connectivity index (χ0n) is 9.66. The number of phenols is 1. The Kier molecular flexibility index (Phi) is 3.17. The molecule has 1 fully saturated rings. The molecule has 1 aliphatic heterocycles. The summed E-state index contributed by atoms with van der Waals surface area (Å²) < 4.78 is 0. The van der Waals surface area contributed by atoms with E-state index in [1.165, 1.54) is 0 Å². The maximum atomic E-state index is 10.3. The highest BCUT2D eigenvalue weighted by Crippen LogP contribution is 2.27. The van der Waals surface area contributed by atoms with Gasteiger partial charge in [-0.25, -0.2) is 0 Å². The largest absolute Gasteiger partial charge is 0.508 e. The highest BCUT2D eigenvalue weighted by molar-refractivity contribution is 5.36. The van der Waals surface area contributed by atoms with Gasteiger partial charge in [-0.3, -0.25) is 0 Å². The molecule has 0 aliphatic carbocycles. The van der Waals surface area contributed by atoms with Gasteiger partial charge in [0, 0.05) is 13.0 Å². The van der Waals surface area contributed by atoms with E-state index in [2.05, 4.69) is 5.32 Å². The van der Waals surface area contributed by atoms with Crippen LogP contribution < -0.4 is 5.32 Å². The van der Waals surface area contributed by atoms with Gasteiger partial charge in [0.2, 0.25) is 0 Å². The molecule has 88 valence electrons. The standard InChI is InChI=1S/C13H19NO2/c1-10-3-4-11(12(15)7-10)8-13(16)5-2-6-14-9-13/h3-4,7,14-16H,2,5-6,8-9H2,1H3. The third-order valence-corrected chi connectivity index (χ3v) is 3.21. The zero-order chi connectivity index (χ0) is 11.6. The summed E-state index contributed by atoms with van der Waals surface area (Å²) in [5.74, 6) is 0.291. The minimum atomic E-state index is -0.703. The highest BCUT2D eigenvalue weighted by Gasteiger charge is 2.30. The fraction of sp³-hybridized carbons (Fsp3) is 0.538. The van der Waals surface area contributed by atoms with Crippen LogP contribution >= 0.6 is 0 Å². The van der Waals surface area contributed by atoms with E-state index in [1.54, 1.807) is 6.07 Å². The first-order valence-electron chi connectivity index (χ1n) is 5.81. The molecule has 1 aromatic rings. The number of piperidine rings is 1. The number of benzene rings is 1. The van der Waals surface area contributed by atoms with E-state index in [9.17, 15) is 10.2 Å². The topological polar surface area (TPSA) is 52.5 Å². The van der Waals surface area contributed by atoms with Gasteiger partial charge >= 0.3 is 0 Å². The van der Waals surface area contributed by atoms with E-state index in [1.807, 2.05) is 19.1 Å². The van der Waals surface area contributed by atoms with Crippen molar-refractivity contribution < 1.29 is 10.2 Å². The maximum Gasteiger partial charge on any atom is 0.119 e. The van der Waals surface area contributed by atoms with Crippen LogP contribution in [0.4, 0.5) is 0 Å². The Bertz CT molecular complexity index is 370. The van der Waals surface area contributed by atoms with Crippen LogP contribution in [-0.2, 0) is 6.42 Å². The summed E-state index contributed by atoms with van der Waals surface area (Å²) in [6.45, 7) is 3.53. The van der Waals surface area contributed by atoms with E-state index in [4.69, 9.17) is 0 Å². The molecule has 3 nitrogen and oxygen atoms in total. The lowest BCUT2D eigenvalue weighted by atomic mass is 9.87. The highest BCUT2D eigenvalue weighted by atomic mass is 16.3. The summed E-state index contributed by atoms with van der Waals surface area (Å²) in [6.07, 6.45) is 2.31. The second-order valence-corrected chi connectivity index (χ2v) is 4.81. The van der Waals surface area contributed by atoms with Gasteiger partial charge in [-0.2, -0.15) is 0 Å². The van der Waals surface area contributed by atoms with E-state index in [0.29, 0.717) is 18.7 Å². The Morgan fingerprint density at radius 1 is 1.44 bits per heavy atom. The molecule has 1 heterocycles. The number of β-amino-alcohol motifs (C(OH)–C–C–N with tert-alkyl or cyclic N) is 1. The first kappa shape index (κ1) is 11.4. The number of hydrogen-bond donors (Lipinski definition) is 3. The van der Waals surface area contributed by atoms with Gasteiger partial charge in [0.1, 0.15) is 5.75 Å². The van der Waals surface area contributed by atoms with Crippen molar-refractivity contribution in [3.63, 3.8) is 0 Å². The molecule has 0 bridgehead atoms. The smallest absolute Gasteiger partial charge is 0.119 e. The van der Waals surface area contributed by atoms with Crippen LogP contribution in [0.2, 0.25) is 0 Å². The lowest BCUT2D eigenvalue weighted by Crippen LogP contribution is -2.47. The molecule has 1 atom stereocenters. The monoisotopic (exact) mass is 221 g/mol. The minimum Gasteiger partial charge on any atom is -0.508 e. The summed E-state index contributed by atoms with van der Waals surface area (Å²) >= 11 is 0. The molecule has 0 radical (unpaired) electrons. The predicted octanol–water partition coefficient (Wildman–Crippen LogP) is 1.36. The summed E-state index contributed by atoms with van der Waals surface area (Å²) in [6, 6.07) is 5.61. The van der Waals surface area contributed by atoms with Gasteiger partial charge in [0.25, 0.3) is 0 Å². The molecule has 1 saturated heterocycles. The number of aryl methyl sites for hydroxylation is 1. The lowest BCUT2D eigenvalue weighted by Gasteiger charge is -2.33. The van der Waals surface area contributed by atoms with Crippen LogP contribution in [0.25, 0.3) is 0 Å². The number of aliphatic hydroxyl groups is 1. The fourth-order valence-corrected chi connectivity index (χ4v) is 2.28. The number of aromatic hydroxyl groups is 1. The quantitative estimate of drug-likeness (QED) is 0.706. The van der Waals surface area contributed by atoms with Crippen molar-refractivity contribution in [3.05, 3.63) is 29.3 Å². The van der Waals surface area contributed by atoms with Crippen molar-refractivity contribution in [1.29, 1.82) is 0 Å². The second-order valence-electron chi connectivity index (χ2n) is 4.81. The Morgan fingerprint density at radius 2 is 2.25 bits per heavy atom. The van der Waals surface area contributed by atoms with Crippen molar-refractivity contribution in [1.82, 2.24) is 5.32 Å². The second kappa shape index (κ2) is 4.44. The van der Waals surface area contributed by atoms with Crippen LogP contribution in [0.15, 0.2) is 18.2 Å². The van der Waals surface area contributed by atoms with E-state index in [0.717, 1.165) is 30.5 Å².